The molecule has 0 aromatic carbocycles. The molecule has 1 nitrogen and oxygen atoms in total. The van der Waals surface area contributed by atoms with Crippen LogP contribution in [-0.2, 0) is 0 Å². The molecule has 3 rings (SSSR count). The van der Waals surface area contributed by atoms with E-state index in [9.17, 15) is 0 Å². The van der Waals surface area contributed by atoms with Gasteiger partial charge in [-0.05, 0) is 30.4 Å². The molecule has 1 saturated heterocycles. The molecule has 2 aliphatic carbocycles. The van der Waals surface area contributed by atoms with Gasteiger partial charge < -0.3 is 5.32 Å². The van der Waals surface area contributed by atoms with Crippen molar-refractivity contribution in [3.8, 4) is 0 Å². The van der Waals surface area contributed by atoms with E-state index in [0.29, 0.717) is 0 Å². The van der Waals surface area contributed by atoms with Gasteiger partial charge in [0.25, 0.3) is 0 Å². The van der Waals surface area contributed by atoms with Gasteiger partial charge in [0.15, 0.2) is 0 Å². The molecule has 15 heavy (non-hydrogen) atoms. The Labute approximate surface area is 97.8 Å². The van der Waals surface area contributed by atoms with Crippen LogP contribution in [0.15, 0.2) is 0 Å². The quantitative estimate of drug-likeness (QED) is 0.792. The molecule has 3 aliphatic rings. The van der Waals surface area contributed by atoms with Gasteiger partial charge in [-0.15, -0.1) is 0 Å². The first kappa shape index (κ1) is 10.5. The van der Waals surface area contributed by atoms with Crippen molar-refractivity contribution in [1.82, 2.24) is 5.32 Å². The molecule has 3 unspecified atom stereocenters. The van der Waals surface area contributed by atoms with Crippen LogP contribution in [0.2, 0.25) is 0 Å². The molecule has 2 heteroatoms. The van der Waals surface area contributed by atoms with Gasteiger partial charge >= 0.3 is 0 Å². The third-order valence-electron chi connectivity index (χ3n) is 4.47. The van der Waals surface area contributed by atoms with Crippen molar-refractivity contribution in [2.75, 3.05) is 11.5 Å². The predicted octanol–water partition coefficient (Wildman–Crippen LogP) is 3.05. The minimum atomic E-state index is 0.855. The van der Waals surface area contributed by atoms with Crippen molar-refractivity contribution in [1.29, 1.82) is 0 Å². The van der Waals surface area contributed by atoms with E-state index in [1.54, 1.807) is 0 Å². The van der Waals surface area contributed by atoms with Crippen molar-refractivity contribution in [3.63, 3.8) is 0 Å². The maximum absolute atomic E-state index is 3.88. The maximum Gasteiger partial charge on any atom is 0.0168 e. The van der Waals surface area contributed by atoms with Crippen molar-refractivity contribution >= 4 is 11.8 Å². The zero-order valence-corrected chi connectivity index (χ0v) is 10.4. The molecular weight excluding hydrogens is 202 g/mol. The van der Waals surface area contributed by atoms with Crippen LogP contribution >= 0.6 is 11.8 Å². The second-order valence-corrected chi connectivity index (χ2v) is 6.78. The Bertz CT molecular complexity index is 207. The number of nitrogens with one attached hydrogen (secondary N) is 1. The van der Waals surface area contributed by atoms with Crippen LogP contribution in [0.25, 0.3) is 0 Å². The maximum atomic E-state index is 3.88. The fourth-order valence-electron chi connectivity index (χ4n) is 3.46. The predicted molar refractivity (Wildman–Crippen MR) is 67.3 cm³/mol. The molecule has 1 aliphatic heterocycles. The molecular formula is C13H23NS. The van der Waals surface area contributed by atoms with Crippen molar-refractivity contribution in [2.45, 2.75) is 57.0 Å². The molecule has 1 N–H and O–H groups in total. The Balaban J connectivity index is 1.42. The van der Waals surface area contributed by atoms with Crippen LogP contribution in [0.3, 0.4) is 0 Å². The fraction of sp³-hybridized carbons (Fsp3) is 1.00. The second kappa shape index (κ2) is 4.67. The first-order valence-corrected chi connectivity index (χ1v) is 7.93. The van der Waals surface area contributed by atoms with E-state index in [1.165, 1.54) is 56.5 Å². The molecule has 0 amide bonds. The third-order valence-corrected chi connectivity index (χ3v) is 5.64. The van der Waals surface area contributed by atoms with Crippen LogP contribution in [0.1, 0.15) is 44.9 Å². The lowest BCUT2D eigenvalue weighted by Gasteiger charge is -2.22. The molecule has 86 valence electrons. The van der Waals surface area contributed by atoms with E-state index in [1.807, 2.05) is 0 Å². The van der Waals surface area contributed by atoms with Crippen molar-refractivity contribution in [3.05, 3.63) is 0 Å². The van der Waals surface area contributed by atoms with E-state index in [0.717, 1.165) is 23.9 Å². The normalized spacial score (nSPS) is 42.0. The lowest BCUT2D eigenvalue weighted by molar-refractivity contribution is 0.309. The summed E-state index contributed by atoms with van der Waals surface area (Å²) < 4.78 is 0. The highest BCUT2D eigenvalue weighted by Gasteiger charge is 2.43. The summed E-state index contributed by atoms with van der Waals surface area (Å²) in [6, 6.07) is 1.77. The van der Waals surface area contributed by atoms with Crippen LogP contribution in [-0.4, -0.2) is 23.6 Å². The minimum absolute atomic E-state index is 0.855. The van der Waals surface area contributed by atoms with Gasteiger partial charge in [0.2, 0.25) is 0 Å². The molecule has 3 atom stereocenters. The van der Waals surface area contributed by atoms with Crippen molar-refractivity contribution < 1.29 is 0 Å². The molecule has 1 heterocycles. The fourth-order valence-corrected chi connectivity index (χ4v) is 4.62. The number of hydrogen-bond acceptors (Lipinski definition) is 2. The SMILES string of the molecule is C1CCC(C2CC2NC2CCSC2)CC1. The summed E-state index contributed by atoms with van der Waals surface area (Å²) in [5, 5.41) is 3.88. The van der Waals surface area contributed by atoms with E-state index >= 15 is 0 Å². The lowest BCUT2D eigenvalue weighted by Crippen LogP contribution is -2.32. The summed E-state index contributed by atoms with van der Waals surface area (Å²) >= 11 is 2.13. The second-order valence-electron chi connectivity index (χ2n) is 5.63. The molecule has 0 aromatic rings. The molecule has 2 saturated carbocycles. The molecule has 0 aromatic heterocycles. The van der Waals surface area contributed by atoms with E-state index < -0.39 is 0 Å². The van der Waals surface area contributed by atoms with Gasteiger partial charge in [-0.3, -0.25) is 0 Å². The summed E-state index contributed by atoms with van der Waals surface area (Å²) in [6.45, 7) is 0. The largest absolute Gasteiger partial charge is 0.310 e. The first-order chi connectivity index (χ1) is 7.43. The van der Waals surface area contributed by atoms with E-state index in [2.05, 4.69) is 17.1 Å². The Morgan fingerprint density at radius 1 is 1.00 bits per heavy atom. The topological polar surface area (TPSA) is 12.0 Å². The average molecular weight is 225 g/mol. The summed E-state index contributed by atoms with van der Waals surface area (Å²) in [7, 11) is 0. The summed E-state index contributed by atoms with van der Waals surface area (Å²) in [5.41, 5.74) is 0. The smallest absolute Gasteiger partial charge is 0.0168 e. The van der Waals surface area contributed by atoms with Gasteiger partial charge in [-0.1, -0.05) is 32.1 Å². The van der Waals surface area contributed by atoms with Gasteiger partial charge in [0.05, 0.1) is 0 Å². The van der Waals surface area contributed by atoms with Gasteiger partial charge in [-0.25, -0.2) is 0 Å². The highest BCUT2D eigenvalue weighted by atomic mass is 32.2. The molecule has 3 fully saturated rings. The average Bonchev–Trinajstić information content (AvgIpc) is 2.84. The van der Waals surface area contributed by atoms with E-state index in [-0.39, 0.29) is 0 Å². The Kier molecular flexibility index (Phi) is 3.25. The monoisotopic (exact) mass is 225 g/mol. The minimum Gasteiger partial charge on any atom is -0.310 e. The van der Waals surface area contributed by atoms with Crippen molar-refractivity contribution in [2.24, 2.45) is 11.8 Å². The zero-order chi connectivity index (χ0) is 10.1. The number of thioether (sulfide) groups is 1. The Morgan fingerprint density at radius 2 is 1.87 bits per heavy atom. The number of rotatable bonds is 3. The van der Waals surface area contributed by atoms with Crippen LogP contribution in [0.4, 0.5) is 0 Å². The Hall–Kier alpha value is 0.310. The third kappa shape index (κ3) is 2.52. The summed E-state index contributed by atoms with van der Waals surface area (Å²) in [4.78, 5) is 0. The standard InChI is InChI=1S/C13H23NS/c1-2-4-10(5-3-1)12-8-13(12)14-11-6-7-15-9-11/h10-14H,1-9H2. The zero-order valence-electron chi connectivity index (χ0n) is 9.58. The Morgan fingerprint density at radius 3 is 2.60 bits per heavy atom. The van der Waals surface area contributed by atoms with Crippen LogP contribution in [0, 0.1) is 11.8 Å². The van der Waals surface area contributed by atoms with Gasteiger partial charge in [0, 0.05) is 17.8 Å². The first-order valence-electron chi connectivity index (χ1n) is 6.77. The molecule has 0 bridgehead atoms. The van der Waals surface area contributed by atoms with Gasteiger partial charge in [0.1, 0.15) is 0 Å². The molecule has 0 radical (unpaired) electrons. The van der Waals surface area contributed by atoms with Crippen LogP contribution < -0.4 is 5.32 Å². The summed E-state index contributed by atoms with van der Waals surface area (Å²) in [5.74, 6) is 4.91. The highest BCUT2D eigenvalue weighted by molar-refractivity contribution is 7.99. The van der Waals surface area contributed by atoms with Crippen LogP contribution in [0.5, 0.6) is 0 Å². The highest BCUT2D eigenvalue weighted by Crippen LogP contribution is 2.44. The molecule has 0 spiro atoms. The van der Waals surface area contributed by atoms with E-state index in [4.69, 9.17) is 0 Å². The lowest BCUT2D eigenvalue weighted by atomic mass is 9.85. The van der Waals surface area contributed by atoms with Gasteiger partial charge in [-0.2, -0.15) is 11.8 Å². The number of hydrogen-bond donors (Lipinski definition) is 1. The summed E-state index contributed by atoms with van der Waals surface area (Å²) in [6.07, 6.45) is 10.5.